The van der Waals surface area contributed by atoms with Crippen molar-refractivity contribution in [3.63, 3.8) is 0 Å². The summed E-state index contributed by atoms with van der Waals surface area (Å²) in [6.07, 6.45) is 6.29. The predicted octanol–water partition coefficient (Wildman–Crippen LogP) is 2.27. The lowest BCUT2D eigenvalue weighted by Gasteiger charge is -2.68. The molecule has 0 saturated heterocycles. The molecule has 18 heavy (non-hydrogen) atoms. The molecule has 102 valence electrons. The maximum atomic E-state index is 10.5. The maximum Gasteiger partial charge on any atom is 0.294 e. The van der Waals surface area contributed by atoms with Crippen LogP contribution in [0.15, 0.2) is 0 Å². The van der Waals surface area contributed by atoms with Crippen LogP contribution in [0.1, 0.15) is 52.4 Å². The zero-order valence-electron chi connectivity index (χ0n) is 11.2. The van der Waals surface area contributed by atoms with Gasteiger partial charge in [0.1, 0.15) is 6.61 Å². The van der Waals surface area contributed by atoms with E-state index in [4.69, 9.17) is 10.6 Å². The second-order valence-electron chi connectivity index (χ2n) is 8.04. The van der Waals surface area contributed by atoms with E-state index < -0.39 is 5.09 Å². The number of hydrogen-bond donors (Lipinski definition) is 1. The molecule has 4 bridgehead atoms. The fourth-order valence-electron chi connectivity index (χ4n) is 6.38. The lowest BCUT2D eigenvalue weighted by Crippen LogP contribution is -2.67. The van der Waals surface area contributed by atoms with Crippen LogP contribution >= 0.6 is 0 Å². The Labute approximate surface area is 107 Å². The Hall–Kier alpha value is -0.840. The topological polar surface area (TPSA) is 78.4 Å². The van der Waals surface area contributed by atoms with Crippen LogP contribution in [0.2, 0.25) is 0 Å². The van der Waals surface area contributed by atoms with Gasteiger partial charge in [-0.1, -0.05) is 13.8 Å². The van der Waals surface area contributed by atoms with E-state index in [0.29, 0.717) is 0 Å². The SMILES string of the molecule is CC12CC3(C)CC(N)(C1)CC(CO[N+](=O)[O-])(C2)C3. The zero-order chi connectivity index (χ0) is 13.2. The molecule has 0 aromatic rings. The fraction of sp³-hybridized carbons (Fsp3) is 1.00. The minimum Gasteiger partial charge on any atom is -0.325 e. The molecule has 0 aromatic heterocycles. The first-order valence-corrected chi connectivity index (χ1v) is 6.72. The molecule has 2 N–H and O–H groups in total. The summed E-state index contributed by atoms with van der Waals surface area (Å²) < 4.78 is 0. The van der Waals surface area contributed by atoms with Crippen LogP contribution in [0.3, 0.4) is 0 Å². The summed E-state index contributed by atoms with van der Waals surface area (Å²) >= 11 is 0. The summed E-state index contributed by atoms with van der Waals surface area (Å²) in [5.74, 6) is 0. The molecule has 0 spiro atoms. The third kappa shape index (κ3) is 1.79. The van der Waals surface area contributed by atoms with E-state index in [-0.39, 0.29) is 28.4 Å². The first-order chi connectivity index (χ1) is 8.16. The van der Waals surface area contributed by atoms with Gasteiger partial charge in [0.05, 0.1) is 0 Å². The van der Waals surface area contributed by atoms with Crippen molar-refractivity contribution in [2.24, 2.45) is 22.0 Å². The maximum absolute atomic E-state index is 10.5. The van der Waals surface area contributed by atoms with Crippen LogP contribution in [0.5, 0.6) is 0 Å². The quantitative estimate of drug-likeness (QED) is 0.619. The summed E-state index contributed by atoms with van der Waals surface area (Å²) in [4.78, 5) is 15.2. The lowest BCUT2D eigenvalue weighted by molar-refractivity contribution is -0.761. The molecule has 4 aliphatic rings. The fourth-order valence-corrected chi connectivity index (χ4v) is 6.38. The molecule has 0 heterocycles. The molecular formula is C13H22N2O3. The van der Waals surface area contributed by atoms with Gasteiger partial charge >= 0.3 is 0 Å². The minimum absolute atomic E-state index is 0.0694. The normalized spacial score (nSPS) is 53.5. The van der Waals surface area contributed by atoms with Gasteiger partial charge in [-0.05, 0) is 54.8 Å². The smallest absolute Gasteiger partial charge is 0.294 e. The van der Waals surface area contributed by atoms with Crippen molar-refractivity contribution in [3.8, 4) is 0 Å². The molecule has 0 amide bonds. The monoisotopic (exact) mass is 254 g/mol. The molecule has 5 nitrogen and oxygen atoms in total. The van der Waals surface area contributed by atoms with Crippen LogP contribution in [0, 0.1) is 26.4 Å². The van der Waals surface area contributed by atoms with E-state index >= 15 is 0 Å². The van der Waals surface area contributed by atoms with Crippen molar-refractivity contribution in [2.45, 2.75) is 57.9 Å². The summed E-state index contributed by atoms with van der Waals surface area (Å²) in [7, 11) is 0. The van der Waals surface area contributed by atoms with Gasteiger partial charge in [-0.2, -0.15) is 0 Å². The Morgan fingerprint density at radius 2 is 1.67 bits per heavy atom. The molecule has 4 fully saturated rings. The first kappa shape index (κ1) is 12.2. The Kier molecular flexibility index (Phi) is 2.16. The van der Waals surface area contributed by atoms with Crippen LogP contribution in [0.25, 0.3) is 0 Å². The average Bonchev–Trinajstić information content (AvgIpc) is 2.06. The highest BCUT2D eigenvalue weighted by atomic mass is 16.9. The van der Waals surface area contributed by atoms with Gasteiger partial charge in [0.2, 0.25) is 0 Å². The number of nitrogens with two attached hydrogens (primary N) is 1. The van der Waals surface area contributed by atoms with Crippen LogP contribution < -0.4 is 5.73 Å². The average molecular weight is 254 g/mol. The van der Waals surface area contributed by atoms with Crippen LogP contribution in [0.4, 0.5) is 0 Å². The molecule has 0 aliphatic heterocycles. The van der Waals surface area contributed by atoms with Crippen LogP contribution in [-0.2, 0) is 4.84 Å². The minimum atomic E-state index is -0.660. The number of nitrogens with zero attached hydrogens (tertiary/aromatic N) is 1. The summed E-state index contributed by atoms with van der Waals surface area (Å²) in [6, 6.07) is 0. The highest BCUT2D eigenvalue weighted by Gasteiger charge is 2.64. The summed E-state index contributed by atoms with van der Waals surface area (Å²) in [6.45, 7) is 4.82. The van der Waals surface area contributed by atoms with Crippen molar-refractivity contribution < 1.29 is 9.92 Å². The molecule has 5 heteroatoms. The van der Waals surface area contributed by atoms with E-state index in [1.54, 1.807) is 0 Å². The third-order valence-electron chi connectivity index (χ3n) is 5.22. The Balaban J connectivity index is 1.90. The van der Waals surface area contributed by atoms with Gasteiger partial charge in [-0.3, -0.25) is 0 Å². The van der Waals surface area contributed by atoms with E-state index in [2.05, 4.69) is 13.8 Å². The third-order valence-corrected chi connectivity index (χ3v) is 5.22. The van der Waals surface area contributed by atoms with Crippen molar-refractivity contribution in [1.82, 2.24) is 0 Å². The van der Waals surface area contributed by atoms with Crippen molar-refractivity contribution in [3.05, 3.63) is 10.1 Å². The van der Waals surface area contributed by atoms with Gasteiger partial charge in [-0.25, -0.2) is 0 Å². The lowest BCUT2D eigenvalue weighted by atomic mass is 9.38. The molecule has 4 saturated carbocycles. The second-order valence-corrected chi connectivity index (χ2v) is 8.04. The molecule has 2 unspecified atom stereocenters. The van der Waals surface area contributed by atoms with E-state index in [9.17, 15) is 10.1 Å². The molecule has 4 rings (SSSR count). The van der Waals surface area contributed by atoms with Gasteiger partial charge in [0.25, 0.3) is 5.09 Å². The van der Waals surface area contributed by atoms with E-state index in [1.165, 1.54) is 6.42 Å². The molecule has 2 atom stereocenters. The molecule has 4 aliphatic carbocycles. The van der Waals surface area contributed by atoms with Crippen molar-refractivity contribution in [2.75, 3.05) is 6.61 Å². The van der Waals surface area contributed by atoms with E-state index in [1.807, 2.05) is 0 Å². The van der Waals surface area contributed by atoms with Crippen molar-refractivity contribution >= 4 is 0 Å². The summed E-state index contributed by atoms with van der Waals surface area (Å²) in [5.41, 5.74) is 6.86. The van der Waals surface area contributed by atoms with Gasteiger partial charge in [0.15, 0.2) is 0 Å². The molecular weight excluding hydrogens is 232 g/mol. The Morgan fingerprint density at radius 1 is 1.11 bits per heavy atom. The standard InChI is InChI=1S/C13H22N2O3/c1-10-3-11(2)5-12(4-10,9-18-15(16)17)8-13(14,6-10)7-11/h3-9,14H2,1-2H3. The second kappa shape index (κ2) is 3.18. The number of rotatable bonds is 3. The first-order valence-electron chi connectivity index (χ1n) is 6.72. The largest absolute Gasteiger partial charge is 0.325 e. The number of hydrogen-bond acceptors (Lipinski definition) is 4. The highest BCUT2D eigenvalue weighted by molar-refractivity contribution is 5.17. The van der Waals surface area contributed by atoms with Gasteiger partial charge < -0.3 is 10.6 Å². The molecule has 0 radical (unpaired) electrons. The van der Waals surface area contributed by atoms with Gasteiger partial charge in [-0.15, -0.1) is 10.1 Å². The Morgan fingerprint density at radius 3 is 2.11 bits per heavy atom. The van der Waals surface area contributed by atoms with Crippen LogP contribution in [-0.4, -0.2) is 17.2 Å². The predicted molar refractivity (Wildman–Crippen MR) is 66.2 cm³/mol. The molecule has 0 aromatic carbocycles. The van der Waals surface area contributed by atoms with Crippen molar-refractivity contribution in [1.29, 1.82) is 0 Å². The highest BCUT2D eigenvalue weighted by Crippen LogP contribution is 2.70. The summed E-state index contributed by atoms with van der Waals surface area (Å²) in [5, 5.41) is 9.82. The van der Waals surface area contributed by atoms with Gasteiger partial charge in [0, 0.05) is 5.54 Å². The Bertz CT molecular complexity index is 355. The van der Waals surface area contributed by atoms with E-state index in [0.717, 1.165) is 32.1 Å². The zero-order valence-corrected chi connectivity index (χ0v) is 11.2.